The predicted molar refractivity (Wildman–Crippen MR) is 60.0 cm³/mol. The third kappa shape index (κ3) is 6.93. The number of rotatable bonds is 7. The highest BCUT2D eigenvalue weighted by atomic mass is 32.1. The SMILES string of the molecule is COCCN(CCC(N)=S)C(C)C. The smallest absolute Gasteiger partial charge is 0.0740 e. The third-order valence-corrected chi connectivity index (χ3v) is 2.16. The maximum absolute atomic E-state index is 5.44. The molecule has 0 rings (SSSR count). The van der Waals surface area contributed by atoms with E-state index in [1.165, 1.54) is 0 Å². The average Bonchev–Trinajstić information content (AvgIpc) is 2.03. The van der Waals surface area contributed by atoms with Gasteiger partial charge in [0.1, 0.15) is 0 Å². The van der Waals surface area contributed by atoms with E-state index >= 15 is 0 Å². The summed E-state index contributed by atoms with van der Waals surface area (Å²) in [5, 5.41) is 0. The monoisotopic (exact) mass is 204 g/mol. The molecule has 0 aromatic carbocycles. The Labute approximate surface area is 86.2 Å². The van der Waals surface area contributed by atoms with Gasteiger partial charge in [-0.1, -0.05) is 12.2 Å². The molecule has 0 aromatic heterocycles. The van der Waals surface area contributed by atoms with E-state index in [1.807, 2.05) is 0 Å². The van der Waals surface area contributed by atoms with E-state index in [1.54, 1.807) is 7.11 Å². The number of ether oxygens (including phenoxy) is 1. The van der Waals surface area contributed by atoms with Crippen LogP contribution in [0.2, 0.25) is 0 Å². The summed E-state index contributed by atoms with van der Waals surface area (Å²) < 4.78 is 5.02. The molecule has 3 nitrogen and oxygen atoms in total. The Kier molecular flexibility index (Phi) is 7.13. The molecule has 0 spiro atoms. The number of methoxy groups -OCH3 is 1. The van der Waals surface area contributed by atoms with Crippen LogP contribution in [0.4, 0.5) is 0 Å². The molecule has 0 saturated carbocycles. The summed E-state index contributed by atoms with van der Waals surface area (Å²) >= 11 is 4.83. The molecule has 0 amide bonds. The second kappa shape index (κ2) is 7.24. The van der Waals surface area contributed by atoms with Gasteiger partial charge in [0.15, 0.2) is 0 Å². The predicted octanol–water partition coefficient (Wildman–Crippen LogP) is 1.02. The number of hydrogen-bond donors (Lipinski definition) is 1. The quantitative estimate of drug-likeness (QED) is 0.628. The molecule has 78 valence electrons. The van der Waals surface area contributed by atoms with Gasteiger partial charge in [-0.2, -0.15) is 0 Å². The maximum Gasteiger partial charge on any atom is 0.0740 e. The van der Waals surface area contributed by atoms with Gasteiger partial charge in [0.2, 0.25) is 0 Å². The lowest BCUT2D eigenvalue weighted by molar-refractivity contribution is 0.132. The van der Waals surface area contributed by atoms with Gasteiger partial charge in [-0.15, -0.1) is 0 Å². The van der Waals surface area contributed by atoms with Gasteiger partial charge in [0, 0.05) is 32.7 Å². The Morgan fingerprint density at radius 2 is 2.08 bits per heavy atom. The number of thiocarbonyl (C=S) groups is 1. The fourth-order valence-electron chi connectivity index (χ4n) is 1.09. The summed E-state index contributed by atoms with van der Waals surface area (Å²) in [4.78, 5) is 2.89. The molecule has 0 aromatic rings. The lowest BCUT2D eigenvalue weighted by Crippen LogP contribution is -2.36. The highest BCUT2D eigenvalue weighted by molar-refractivity contribution is 7.80. The number of nitrogens with two attached hydrogens (primary N) is 1. The second-order valence-corrected chi connectivity index (χ2v) is 3.86. The van der Waals surface area contributed by atoms with Crippen LogP contribution in [0.1, 0.15) is 20.3 Å². The van der Waals surface area contributed by atoms with E-state index in [9.17, 15) is 0 Å². The lowest BCUT2D eigenvalue weighted by Gasteiger charge is -2.25. The van der Waals surface area contributed by atoms with Crippen LogP contribution >= 0.6 is 12.2 Å². The first kappa shape index (κ1) is 12.8. The van der Waals surface area contributed by atoms with Gasteiger partial charge in [-0.25, -0.2) is 0 Å². The molecule has 2 N–H and O–H groups in total. The highest BCUT2D eigenvalue weighted by Gasteiger charge is 2.08. The van der Waals surface area contributed by atoms with Crippen LogP contribution in [0, 0.1) is 0 Å². The molecule has 0 fully saturated rings. The van der Waals surface area contributed by atoms with E-state index in [0.29, 0.717) is 11.0 Å². The molecule has 0 aliphatic carbocycles. The molecule has 0 heterocycles. The van der Waals surface area contributed by atoms with Gasteiger partial charge in [0.05, 0.1) is 11.6 Å². The van der Waals surface area contributed by atoms with Crippen molar-refractivity contribution in [3.63, 3.8) is 0 Å². The van der Waals surface area contributed by atoms with Gasteiger partial charge in [-0.05, 0) is 13.8 Å². The van der Waals surface area contributed by atoms with E-state index in [0.717, 1.165) is 26.1 Å². The van der Waals surface area contributed by atoms with E-state index in [-0.39, 0.29) is 0 Å². The molecule has 0 atom stereocenters. The van der Waals surface area contributed by atoms with Crippen molar-refractivity contribution in [1.82, 2.24) is 4.90 Å². The number of nitrogens with zero attached hydrogens (tertiary/aromatic N) is 1. The zero-order valence-electron chi connectivity index (χ0n) is 8.75. The molecule has 0 radical (unpaired) electrons. The van der Waals surface area contributed by atoms with Crippen molar-refractivity contribution in [2.45, 2.75) is 26.3 Å². The van der Waals surface area contributed by atoms with Crippen LogP contribution in [-0.4, -0.2) is 42.7 Å². The van der Waals surface area contributed by atoms with Crippen molar-refractivity contribution in [3.8, 4) is 0 Å². The van der Waals surface area contributed by atoms with E-state index < -0.39 is 0 Å². The van der Waals surface area contributed by atoms with Crippen molar-refractivity contribution in [3.05, 3.63) is 0 Å². The van der Waals surface area contributed by atoms with Crippen molar-refractivity contribution in [1.29, 1.82) is 0 Å². The van der Waals surface area contributed by atoms with Crippen LogP contribution in [0.25, 0.3) is 0 Å². The second-order valence-electron chi connectivity index (χ2n) is 3.34. The Bertz CT molecular complexity index is 151. The zero-order valence-corrected chi connectivity index (χ0v) is 9.56. The molecular formula is C9H20N2OS. The van der Waals surface area contributed by atoms with Gasteiger partial charge < -0.3 is 10.5 Å². The summed E-state index contributed by atoms with van der Waals surface area (Å²) in [6.07, 6.45) is 0.789. The summed E-state index contributed by atoms with van der Waals surface area (Å²) in [6, 6.07) is 0.518. The fraction of sp³-hybridized carbons (Fsp3) is 0.889. The molecule has 0 aliphatic heterocycles. The van der Waals surface area contributed by atoms with Gasteiger partial charge in [0.25, 0.3) is 0 Å². The van der Waals surface area contributed by atoms with E-state index in [2.05, 4.69) is 18.7 Å². The fourth-order valence-corrected chi connectivity index (χ4v) is 1.18. The largest absolute Gasteiger partial charge is 0.393 e. The Hall–Kier alpha value is -0.190. The lowest BCUT2D eigenvalue weighted by atomic mass is 10.3. The minimum atomic E-state index is 0.518. The van der Waals surface area contributed by atoms with Crippen molar-refractivity contribution in [2.75, 3.05) is 26.8 Å². The summed E-state index contributed by atoms with van der Waals surface area (Å²) in [6.45, 7) is 6.95. The van der Waals surface area contributed by atoms with Crippen molar-refractivity contribution < 1.29 is 4.74 Å². The molecule has 0 aliphatic rings. The topological polar surface area (TPSA) is 38.5 Å². The average molecular weight is 204 g/mol. The minimum Gasteiger partial charge on any atom is -0.393 e. The molecule has 13 heavy (non-hydrogen) atoms. The Balaban J connectivity index is 3.73. The van der Waals surface area contributed by atoms with Gasteiger partial charge >= 0.3 is 0 Å². The van der Waals surface area contributed by atoms with Crippen LogP contribution in [0.15, 0.2) is 0 Å². The Morgan fingerprint density at radius 3 is 2.46 bits per heavy atom. The van der Waals surface area contributed by atoms with Crippen molar-refractivity contribution in [2.24, 2.45) is 5.73 Å². The van der Waals surface area contributed by atoms with Crippen LogP contribution in [0.3, 0.4) is 0 Å². The Morgan fingerprint density at radius 1 is 1.46 bits per heavy atom. The first-order chi connectivity index (χ1) is 6.07. The standard InChI is InChI=1S/C9H20N2OS/c1-8(2)11(6-7-12-3)5-4-9(10)13/h8H,4-7H2,1-3H3,(H2,10,13). The molecule has 0 saturated heterocycles. The van der Waals surface area contributed by atoms with Crippen LogP contribution < -0.4 is 5.73 Å². The maximum atomic E-state index is 5.44. The van der Waals surface area contributed by atoms with Crippen LogP contribution in [0.5, 0.6) is 0 Å². The molecular weight excluding hydrogens is 184 g/mol. The summed E-state index contributed by atoms with van der Waals surface area (Å²) in [7, 11) is 1.71. The van der Waals surface area contributed by atoms with Crippen LogP contribution in [-0.2, 0) is 4.74 Å². The molecule has 0 unspecified atom stereocenters. The van der Waals surface area contributed by atoms with E-state index in [4.69, 9.17) is 22.7 Å². The molecule has 4 heteroatoms. The normalized spacial score (nSPS) is 11.2. The number of hydrogen-bond acceptors (Lipinski definition) is 3. The zero-order chi connectivity index (χ0) is 10.3. The minimum absolute atomic E-state index is 0.518. The van der Waals surface area contributed by atoms with Crippen molar-refractivity contribution >= 4 is 17.2 Å². The first-order valence-corrected chi connectivity index (χ1v) is 5.00. The summed E-state index contributed by atoms with van der Waals surface area (Å²) in [5.41, 5.74) is 5.44. The third-order valence-electron chi connectivity index (χ3n) is 1.96. The highest BCUT2D eigenvalue weighted by Crippen LogP contribution is 1.99. The summed E-state index contributed by atoms with van der Waals surface area (Å²) in [5.74, 6) is 0. The molecule has 0 bridgehead atoms. The van der Waals surface area contributed by atoms with Gasteiger partial charge in [-0.3, -0.25) is 4.90 Å². The first-order valence-electron chi connectivity index (χ1n) is 4.59.